The molecule has 1 atom stereocenters. The summed E-state index contributed by atoms with van der Waals surface area (Å²) in [6.45, 7) is 7.24. The van der Waals surface area contributed by atoms with Crippen molar-refractivity contribution < 1.29 is 18.0 Å². The van der Waals surface area contributed by atoms with E-state index in [1.807, 2.05) is 58.0 Å². The second-order valence-corrected chi connectivity index (χ2v) is 12.6. The predicted molar refractivity (Wildman–Crippen MR) is 156 cm³/mol. The lowest BCUT2D eigenvalue weighted by Gasteiger charge is -2.34. The number of nitrogens with one attached hydrogen (secondary N) is 1. The van der Waals surface area contributed by atoms with E-state index in [0.29, 0.717) is 23.6 Å². The molecular formula is C30H36ClN3O4S. The lowest BCUT2D eigenvalue weighted by atomic mass is 10.1. The third-order valence-electron chi connectivity index (χ3n) is 6.09. The molecule has 39 heavy (non-hydrogen) atoms. The minimum Gasteiger partial charge on any atom is -0.350 e. The number of hydrogen-bond acceptors (Lipinski definition) is 4. The number of carbonyl (C=O) groups excluding carboxylic acids is 2. The van der Waals surface area contributed by atoms with Gasteiger partial charge in [-0.1, -0.05) is 67.1 Å². The van der Waals surface area contributed by atoms with E-state index < -0.39 is 34.1 Å². The number of rotatable bonds is 11. The lowest BCUT2D eigenvalue weighted by Crippen LogP contribution is -2.56. The third kappa shape index (κ3) is 8.31. The number of anilines is 1. The van der Waals surface area contributed by atoms with Crippen LogP contribution in [0.1, 0.15) is 39.7 Å². The minimum atomic E-state index is -4.10. The molecule has 0 aliphatic heterocycles. The molecule has 0 unspecified atom stereocenters. The van der Waals surface area contributed by atoms with Crippen LogP contribution in [-0.2, 0) is 26.0 Å². The maximum atomic E-state index is 14.0. The smallest absolute Gasteiger partial charge is 0.264 e. The molecule has 0 aliphatic rings. The van der Waals surface area contributed by atoms with Crippen molar-refractivity contribution >= 4 is 39.1 Å². The third-order valence-corrected chi connectivity index (χ3v) is 8.13. The molecule has 7 nitrogen and oxygen atoms in total. The first-order chi connectivity index (χ1) is 18.4. The molecule has 0 saturated heterocycles. The highest BCUT2D eigenvalue weighted by atomic mass is 35.5. The summed E-state index contributed by atoms with van der Waals surface area (Å²) in [6, 6.07) is 23.1. The van der Waals surface area contributed by atoms with Crippen LogP contribution in [0.4, 0.5) is 5.69 Å². The Labute approximate surface area is 236 Å². The molecule has 1 N–H and O–H groups in total. The van der Waals surface area contributed by atoms with Gasteiger partial charge in [0.25, 0.3) is 10.0 Å². The van der Waals surface area contributed by atoms with Crippen LogP contribution >= 0.6 is 11.6 Å². The van der Waals surface area contributed by atoms with Gasteiger partial charge in [-0.15, -0.1) is 0 Å². The van der Waals surface area contributed by atoms with Gasteiger partial charge < -0.3 is 10.2 Å². The summed E-state index contributed by atoms with van der Waals surface area (Å²) >= 11 is 6.06. The highest BCUT2D eigenvalue weighted by Crippen LogP contribution is 2.26. The highest BCUT2D eigenvalue weighted by molar-refractivity contribution is 7.92. The number of amides is 2. The van der Waals surface area contributed by atoms with Gasteiger partial charge in [0.15, 0.2) is 0 Å². The van der Waals surface area contributed by atoms with Crippen molar-refractivity contribution in [3.05, 3.63) is 95.5 Å². The van der Waals surface area contributed by atoms with Gasteiger partial charge in [0.1, 0.15) is 12.6 Å². The Morgan fingerprint density at radius 1 is 0.897 bits per heavy atom. The van der Waals surface area contributed by atoms with E-state index in [-0.39, 0.29) is 17.3 Å². The van der Waals surface area contributed by atoms with Crippen LogP contribution in [0.15, 0.2) is 89.8 Å². The van der Waals surface area contributed by atoms with Gasteiger partial charge in [-0.3, -0.25) is 13.9 Å². The van der Waals surface area contributed by atoms with E-state index in [2.05, 4.69) is 5.32 Å². The molecule has 0 spiro atoms. The number of halogens is 1. The van der Waals surface area contributed by atoms with Crippen LogP contribution in [0.2, 0.25) is 5.02 Å². The molecule has 3 rings (SSSR count). The van der Waals surface area contributed by atoms with Crippen molar-refractivity contribution in [1.29, 1.82) is 0 Å². The number of nitrogens with zero attached hydrogens (tertiary/aromatic N) is 2. The molecular weight excluding hydrogens is 534 g/mol. The predicted octanol–water partition coefficient (Wildman–Crippen LogP) is 5.30. The standard InChI is InChI=1S/C30H36ClN3O4S/c1-5-27(29(36)32-30(2,3)4)33(21-20-23-12-8-6-9-13-23)28(35)22-34(25-18-16-24(31)17-19-25)39(37,38)26-14-10-7-11-15-26/h6-19,27H,5,20-22H2,1-4H3,(H,32,36)/t27-/m0/s1. The van der Waals surface area contributed by atoms with Crippen LogP contribution in [0.5, 0.6) is 0 Å². The Morgan fingerprint density at radius 3 is 2.00 bits per heavy atom. The zero-order valence-electron chi connectivity index (χ0n) is 22.8. The monoisotopic (exact) mass is 569 g/mol. The van der Waals surface area contributed by atoms with Crippen molar-refractivity contribution in [1.82, 2.24) is 10.2 Å². The maximum Gasteiger partial charge on any atom is 0.264 e. The van der Waals surface area contributed by atoms with Crippen LogP contribution < -0.4 is 9.62 Å². The summed E-state index contributed by atoms with van der Waals surface area (Å²) in [6.07, 6.45) is 0.882. The number of hydrogen-bond donors (Lipinski definition) is 1. The molecule has 0 saturated carbocycles. The number of sulfonamides is 1. The van der Waals surface area contributed by atoms with Crippen molar-refractivity contribution in [2.45, 2.75) is 57.0 Å². The molecule has 208 valence electrons. The fraction of sp³-hybridized carbons (Fsp3) is 0.333. The Kier molecular flexibility index (Phi) is 10.2. The van der Waals surface area contributed by atoms with Gasteiger partial charge in [0, 0.05) is 17.1 Å². The number of benzene rings is 3. The van der Waals surface area contributed by atoms with Crippen molar-refractivity contribution in [3.63, 3.8) is 0 Å². The topological polar surface area (TPSA) is 86.8 Å². The average molecular weight is 570 g/mol. The van der Waals surface area contributed by atoms with Gasteiger partial charge in [-0.05, 0) is 75.6 Å². The van der Waals surface area contributed by atoms with Gasteiger partial charge in [0.05, 0.1) is 10.6 Å². The zero-order valence-corrected chi connectivity index (χ0v) is 24.4. The number of carbonyl (C=O) groups is 2. The molecule has 0 fully saturated rings. The summed E-state index contributed by atoms with van der Waals surface area (Å²) in [7, 11) is -4.10. The molecule has 0 aliphatic carbocycles. The summed E-state index contributed by atoms with van der Waals surface area (Å²) in [5.41, 5.74) is 0.810. The highest BCUT2D eigenvalue weighted by Gasteiger charge is 2.34. The second-order valence-electron chi connectivity index (χ2n) is 10.3. The molecule has 0 heterocycles. The Hall–Kier alpha value is -3.36. The Bertz CT molecular complexity index is 1340. The first-order valence-corrected chi connectivity index (χ1v) is 14.7. The minimum absolute atomic E-state index is 0.0566. The summed E-state index contributed by atoms with van der Waals surface area (Å²) < 4.78 is 28.6. The SMILES string of the molecule is CC[C@@H](C(=O)NC(C)(C)C)N(CCc1ccccc1)C(=O)CN(c1ccc(Cl)cc1)S(=O)(=O)c1ccccc1. The van der Waals surface area contributed by atoms with Gasteiger partial charge >= 0.3 is 0 Å². The fourth-order valence-electron chi connectivity index (χ4n) is 4.20. The fourth-order valence-corrected chi connectivity index (χ4v) is 5.77. The van der Waals surface area contributed by atoms with Gasteiger partial charge in [-0.2, -0.15) is 0 Å². The van der Waals surface area contributed by atoms with Crippen molar-refractivity contribution in [2.24, 2.45) is 0 Å². The lowest BCUT2D eigenvalue weighted by molar-refractivity contribution is -0.140. The van der Waals surface area contributed by atoms with Crippen molar-refractivity contribution in [3.8, 4) is 0 Å². The van der Waals surface area contributed by atoms with E-state index in [9.17, 15) is 18.0 Å². The van der Waals surface area contributed by atoms with Gasteiger partial charge in [0.2, 0.25) is 11.8 Å². The quantitative estimate of drug-likeness (QED) is 0.339. The van der Waals surface area contributed by atoms with Crippen molar-refractivity contribution in [2.75, 3.05) is 17.4 Å². The molecule has 0 radical (unpaired) electrons. The first kappa shape index (κ1) is 30.2. The summed E-state index contributed by atoms with van der Waals surface area (Å²) in [4.78, 5) is 28.8. The van der Waals surface area contributed by atoms with E-state index in [1.165, 1.54) is 17.0 Å². The first-order valence-electron chi connectivity index (χ1n) is 12.9. The molecule has 0 aromatic heterocycles. The van der Waals surface area contributed by atoms with E-state index >= 15 is 0 Å². The normalized spacial score (nSPS) is 12.4. The zero-order chi connectivity index (χ0) is 28.6. The maximum absolute atomic E-state index is 14.0. The van der Waals surface area contributed by atoms with Crippen LogP contribution in [0.3, 0.4) is 0 Å². The molecule has 3 aromatic rings. The molecule has 0 bridgehead atoms. The summed E-state index contributed by atoms with van der Waals surface area (Å²) in [5.74, 6) is -0.758. The van der Waals surface area contributed by atoms with Crippen LogP contribution in [0.25, 0.3) is 0 Å². The Morgan fingerprint density at radius 2 is 1.46 bits per heavy atom. The van der Waals surface area contributed by atoms with Crippen LogP contribution in [-0.4, -0.2) is 49.8 Å². The van der Waals surface area contributed by atoms with E-state index in [1.54, 1.807) is 42.5 Å². The summed E-state index contributed by atoms with van der Waals surface area (Å²) in [5, 5.41) is 3.41. The molecule has 2 amide bonds. The average Bonchev–Trinajstić information content (AvgIpc) is 2.90. The Balaban J connectivity index is 2.00. The van der Waals surface area contributed by atoms with Crippen LogP contribution in [0, 0.1) is 0 Å². The van der Waals surface area contributed by atoms with Gasteiger partial charge in [-0.25, -0.2) is 8.42 Å². The molecule has 3 aromatic carbocycles. The van der Waals surface area contributed by atoms with E-state index in [0.717, 1.165) is 9.87 Å². The molecule has 9 heteroatoms. The largest absolute Gasteiger partial charge is 0.350 e. The van der Waals surface area contributed by atoms with E-state index in [4.69, 9.17) is 11.6 Å². The second kappa shape index (κ2) is 13.1.